The van der Waals surface area contributed by atoms with E-state index in [1.165, 1.54) is 0 Å². The summed E-state index contributed by atoms with van der Waals surface area (Å²) >= 11 is 0. The number of sulfone groups is 1. The highest BCUT2D eigenvalue weighted by Gasteiger charge is 2.57. The van der Waals surface area contributed by atoms with Crippen LogP contribution in [0.4, 0.5) is 0 Å². The number of hydrogen-bond donors (Lipinski definition) is 1. The molecule has 3 aliphatic rings. The Hall–Kier alpha value is -1.63. The van der Waals surface area contributed by atoms with Crippen molar-refractivity contribution in [3.05, 3.63) is 53.3 Å². The third kappa shape index (κ3) is 2.63. The molecule has 6 heteroatoms. The number of hydrogen-bond acceptors (Lipinski definition) is 5. The van der Waals surface area contributed by atoms with Crippen LogP contribution in [0.2, 0.25) is 0 Å². The third-order valence-corrected chi connectivity index (χ3v) is 7.00. The maximum Gasteiger partial charge on any atom is 0.182 e. The zero-order chi connectivity index (χ0) is 17.8. The van der Waals surface area contributed by atoms with Crippen LogP contribution < -0.4 is 0 Å². The molecule has 1 aromatic rings. The zero-order valence-corrected chi connectivity index (χ0v) is 15.1. The highest BCUT2D eigenvalue weighted by molar-refractivity contribution is 7.91. The second-order valence-electron chi connectivity index (χ2n) is 6.89. The van der Waals surface area contributed by atoms with Crippen LogP contribution in [0.15, 0.2) is 52.6 Å². The first kappa shape index (κ1) is 16.8. The minimum absolute atomic E-state index is 0.0897. The summed E-state index contributed by atoms with van der Waals surface area (Å²) in [6.07, 6.45) is 2.78. The highest BCUT2D eigenvalue weighted by atomic mass is 32.2. The van der Waals surface area contributed by atoms with Crippen molar-refractivity contribution in [1.82, 2.24) is 0 Å². The van der Waals surface area contributed by atoms with Gasteiger partial charge in [-0.1, -0.05) is 29.8 Å². The van der Waals surface area contributed by atoms with E-state index in [2.05, 4.69) is 0 Å². The standard InChI is InChI=1S/C19H22O5S/c1-3-23-19-13(10-25(21,22)12-6-4-11(2)5-7-12)18(20)16-14-8-9-15(24-14)17(16)19/h4-9,14-18,20H,3,10H2,1-2H3/t14-,15+,16-,17+,18+/m0/s1. The van der Waals surface area contributed by atoms with Gasteiger partial charge >= 0.3 is 0 Å². The van der Waals surface area contributed by atoms with Crippen molar-refractivity contribution in [3.63, 3.8) is 0 Å². The molecule has 2 aliphatic heterocycles. The Morgan fingerprint density at radius 1 is 1.16 bits per heavy atom. The molecule has 1 aromatic carbocycles. The van der Waals surface area contributed by atoms with Gasteiger partial charge in [0.05, 0.1) is 41.5 Å². The summed E-state index contributed by atoms with van der Waals surface area (Å²) in [6, 6.07) is 6.79. The fourth-order valence-corrected chi connectivity index (χ4v) is 5.60. The summed E-state index contributed by atoms with van der Waals surface area (Å²) in [5.41, 5.74) is 1.49. The molecule has 0 spiro atoms. The van der Waals surface area contributed by atoms with Crippen molar-refractivity contribution in [1.29, 1.82) is 0 Å². The van der Waals surface area contributed by atoms with E-state index in [0.717, 1.165) is 5.56 Å². The van der Waals surface area contributed by atoms with Gasteiger partial charge in [0.2, 0.25) is 0 Å². The monoisotopic (exact) mass is 362 g/mol. The molecule has 0 aromatic heterocycles. The molecule has 1 aliphatic carbocycles. The molecule has 1 saturated heterocycles. The Morgan fingerprint density at radius 2 is 1.84 bits per heavy atom. The van der Waals surface area contributed by atoms with Crippen LogP contribution >= 0.6 is 0 Å². The summed E-state index contributed by atoms with van der Waals surface area (Å²) in [4.78, 5) is 0.267. The lowest BCUT2D eigenvalue weighted by Crippen LogP contribution is -2.31. The van der Waals surface area contributed by atoms with E-state index in [9.17, 15) is 13.5 Å². The first-order valence-electron chi connectivity index (χ1n) is 8.59. The van der Waals surface area contributed by atoms with Crippen LogP contribution in [-0.4, -0.2) is 44.2 Å². The number of rotatable bonds is 5. The Bertz CT molecular complexity index is 837. The Morgan fingerprint density at radius 3 is 2.52 bits per heavy atom. The largest absolute Gasteiger partial charge is 0.498 e. The lowest BCUT2D eigenvalue weighted by molar-refractivity contribution is 0.0708. The maximum absolute atomic E-state index is 12.8. The first-order chi connectivity index (χ1) is 11.9. The van der Waals surface area contributed by atoms with Gasteiger partial charge in [0, 0.05) is 11.5 Å². The molecule has 0 unspecified atom stereocenters. The molecule has 134 valence electrons. The van der Waals surface area contributed by atoms with Crippen LogP contribution in [0.1, 0.15) is 12.5 Å². The molecule has 2 bridgehead atoms. The maximum atomic E-state index is 12.8. The molecular weight excluding hydrogens is 340 g/mol. The smallest absolute Gasteiger partial charge is 0.182 e. The summed E-state index contributed by atoms with van der Waals surface area (Å²) in [5.74, 6) is 0.138. The van der Waals surface area contributed by atoms with Gasteiger partial charge in [0.15, 0.2) is 9.84 Å². The number of fused-ring (bicyclic) bond motifs is 5. The Labute approximate surface area is 147 Å². The molecule has 2 heterocycles. The third-order valence-electron chi connectivity index (χ3n) is 5.32. The minimum atomic E-state index is -3.55. The lowest BCUT2D eigenvalue weighted by atomic mass is 9.83. The number of aryl methyl sites for hydroxylation is 1. The van der Waals surface area contributed by atoms with Gasteiger partial charge in [-0.25, -0.2) is 8.42 Å². The summed E-state index contributed by atoms with van der Waals surface area (Å²) in [6.45, 7) is 4.21. The van der Waals surface area contributed by atoms with Gasteiger partial charge in [-0.2, -0.15) is 0 Å². The normalized spacial score (nSPS) is 33.2. The van der Waals surface area contributed by atoms with E-state index >= 15 is 0 Å². The molecule has 0 radical (unpaired) electrons. The van der Waals surface area contributed by atoms with Crippen LogP contribution in [0, 0.1) is 18.8 Å². The van der Waals surface area contributed by atoms with Crippen LogP contribution in [0.5, 0.6) is 0 Å². The van der Waals surface area contributed by atoms with Gasteiger partial charge < -0.3 is 14.6 Å². The van der Waals surface area contributed by atoms with Crippen molar-refractivity contribution < 1.29 is 23.0 Å². The van der Waals surface area contributed by atoms with E-state index in [0.29, 0.717) is 17.9 Å². The molecule has 1 N–H and O–H groups in total. The highest BCUT2D eigenvalue weighted by Crippen LogP contribution is 2.52. The molecule has 0 saturated carbocycles. The Balaban J connectivity index is 1.69. The summed E-state index contributed by atoms with van der Waals surface area (Å²) in [7, 11) is -3.55. The van der Waals surface area contributed by atoms with E-state index in [1.54, 1.807) is 24.3 Å². The molecule has 4 rings (SSSR count). The van der Waals surface area contributed by atoms with E-state index < -0.39 is 15.9 Å². The predicted molar refractivity (Wildman–Crippen MR) is 92.7 cm³/mol. The fraction of sp³-hybridized carbons (Fsp3) is 0.474. The minimum Gasteiger partial charge on any atom is -0.498 e. The lowest BCUT2D eigenvalue weighted by Gasteiger charge is -2.21. The van der Waals surface area contributed by atoms with Crippen LogP contribution in [0.3, 0.4) is 0 Å². The molecule has 0 amide bonds. The van der Waals surface area contributed by atoms with Crippen molar-refractivity contribution >= 4 is 9.84 Å². The van der Waals surface area contributed by atoms with Crippen molar-refractivity contribution in [2.75, 3.05) is 12.4 Å². The number of benzene rings is 1. The first-order valence-corrected chi connectivity index (χ1v) is 10.2. The van der Waals surface area contributed by atoms with Crippen LogP contribution in [0.25, 0.3) is 0 Å². The average Bonchev–Trinajstić information content (AvgIpc) is 3.24. The van der Waals surface area contributed by atoms with Crippen molar-refractivity contribution in [3.8, 4) is 0 Å². The molecule has 5 atom stereocenters. The van der Waals surface area contributed by atoms with E-state index in [-0.39, 0.29) is 34.7 Å². The van der Waals surface area contributed by atoms with Crippen molar-refractivity contribution in [2.45, 2.75) is 37.1 Å². The Kier molecular flexibility index (Phi) is 4.02. The van der Waals surface area contributed by atoms with Gasteiger partial charge in [-0.15, -0.1) is 0 Å². The molecule has 5 nitrogen and oxygen atoms in total. The van der Waals surface area contributed by atoms with Crippen LogP contribution in [-0.2, 0) is 19.3 Å². The van der Waals surface area contributed by atoms with E-state index in [4.69, 9.17) is 9.47 Å². The number of ether oxygens (including phenoxy) is 2. The molecule has 25 heavy (non-hydrogen) atoms. The second kappa shape index (κ2) is 5.97. The van der Waals surface area contributed by atoms with Gasteiger partial charge in [0.25, 0.3) is 0 Å². The van der Waals surface area contributed by atoms with Crippen molar-refractivity contribution in [2.24, 2.45) is 11.8 Å². The fourth-order valence-electron chi connectivity index (χ4n) is 4.16. The topological polar surface area (TPSA) is 72.8 Å². The average molecular weight is 362 g/mol. The SMILES string of the molecule is CCOC1=C(CS(=O)(=O)c2ccc(C)cc2)[C@@H](O)[C@@H]2[C@H]1[C@H]1C=C[C@@H]2O1. The number of aliphatic hydroxyl groups excluding tert-OH is 1. The van der Waals surface area contributed by atoms with Gasteiger partial charge in [-0.3, -0.25) is 0 Å². The number of aliphatic hydroxyl groups is 1. The van der Waals surface area contributed by atoms with Gasteiger partial charge in [0.1, 0.15) is 5.76 Å². The molecular formula is C19H22O5S. The van der Waals surface area contributed by atoms with Gasteiger partial charge in [-0.05, 0) is 26.0 Å². The second-order valence-corrected chi connectivity index (χ2v) is 8.88. The predicted octanol–water partition coefficient (Wildman–Crippen LogP) is 2.00. The van der Waals surface area contributed by atoms with E-state index in [1.807, 2.05) is 26.0 Å². The zero-order valence-electron chi connectivity index (χ0n) is 14.3. The molecule has 1 fully saturated rings. The summed E-state index contributed by atoms with van der Waals surface area (Å²) < 4.78 is 37.3. The summed E-state index contributed by atoms with van der Waals surface area (Å²) in [5, 5.41) is 10.8. The quantitative estimate of drug-likeness (QED) is 0.811.